The van der Waals surface area contributed by atoms with Crippen molar-refractivity contribution < 1.29 is 9.90 Å². The van der Waals surface area contributed by atoms with E-state index < -0.39 is 5.97 Å². The van der Waals surface area contributed by atoms with Gasteiger partial charge >= 0.3 is 5.97 Å². The maximum absolute atomic E-state index is 10.9. The Balaban J connectivity index is 2.16. The van der Waals surface area contributed by atoms with E-state index >= 15 is 0 Å². The standard InChI is InChI=1S/C12H12N2O2S/c15-12(16)9-14(8-11-13-6-7-17-11)10-4-2-1-3-5-10/h1-7H,8-9H2,(H,15,16). The van der Waals surface area contributed by atoms with Gasteiger partial charge in [-0.1, -0.05) is 18.2 Å². The second-order valence-electron chi connectivity index (χ2n) is 3.51. The van der Waals surface area contributed by atoms with Gasteiger partial charge in [-0.15, -0.1) is 11.3 Å². The minimum absolute atomic E-state index is 0.0242. The van der Waals surface area contributed by atoms with Gasteiger partial charge in [0.15, 0.2) is 0 Å². The number of hydrogen-bond acceptors (Lipinski definition) is 4. The average molecular weight is 248 g/mol. The highest BCUT2D eigenvalue weighted by Gasteiger charge is 2.12. The molecule has 2 rings (SSSR count). The van der Waals surface area contributed by atoms with E-state index in [0.717, 1.165) is 10.7 Å². The van der Waals surface area contributed by atoms with Crippen molar-refractivity contribution in [3.8, 4) is 0 Å². The number of nitrogens with zero attached hydrogens (tertiary/aromatic N) is 2. The van der Waals surface area contributed by atoms with E-state index in [1.807, 2.05) is 35.7 Å². The van der Waals surface area contributed by atoms with E-state index in [2.05, 4.69) is 4.98 Å². The molecule has 0 saturated heterocycles. The molecule has 0 atom stereocenters. The van der Waals surface area contributed by atoms with Crippen molar-refractivity contribution in [2.24, 2.45) is 0 Å². The van der Waals surface area contributed by atoms with Crippen LogP contribution in [0.4, 0.5) is 5.69 Å². The summed E-state index contributed by atoms with van der Waals surface area (Å²) in [6.45, 7) is 0.498. The molecule has 0 unspecified atom stereocenters. The van der Waals surface area contributed by atoms with Crippen molar-refractivity contribution in [1.82, 2.24) is 4.98 Å². The summed E-state index contributed by atoms with van der Waals surface area (Å²) < 4.78 is 0. The van der Waals surface area contributed by atoms with Crippen LogP contribution >= 0.6 is 11.3 Å². The van der Waals surface area contributed by atoms with Crippen LogP contribution in [-0.2, 0) is 11.3 Å². The number of rotatable bonds is 5. The van der Waals surface area contributed by atoms with Crippen molar-refractivity contribution >= 4 is 23.0 Å². The van der Waals surface area contributed by atoms with Crippen LogP contribution in [0.2, 0.25) is 0 Å². The lowest BCUT2D eigenvalue weighted by Crippen LogP contribution is -2.29. The first-order valence-electron chi connectivity index (χ1n) is 5.16. The summed E-state index contributed by atoms with van der Waals surface area (Å²) >= 11 is 1.53. The van der Waals surface area contributed by atoms with Crippen molar-refractivity contribution in [3.05, 3.63) is 46.9 Å². The van der Waals surface area contributed by atoms with Crippen LogP contribution in [0.25, 0.3) is 0 Å². The zero-order chi connectivity index (χ0) is 12.1. The number of carboxylic acid groups (broad SMARTS) is 1. The summed E-state index contributed by atoms with van der Waals surface area (Å²) in [5, 5.41) is 11.7. The third-order valence-electron chi connectivity index (χ3n) is 2.26. The van der Waals surface area contributed by atoms with Crippen LogP contribution < -0.4 is 4.90 Å². The molecule has 4 nitrogen and oxygen atoms in total. The SMILES string of the molecule is O=C(O)CN(Cc1nccs1)c1ccccc1. The number of aromatic nitrogens is 1. The maximum atomic E-state index is 10.9. The van der Waals surface area contributed by atoms with E-state index in [1.54, 1.807) is 11.1 Å². The summed E-state index contributed by atoms with van der Waals surface area (Å²) in [4.78, 5) is 16.8. The predicted molar refractivity (Wildman–Crippen MR) is 67.2 cm³/mol. The van der Waals surface area contributed by atoms with Crippen molar-refractivity contribution in [1.29, 1.82) is 0 Å². The highest BCUT2D eigenvalue weighted by atomic mass is 32.1. The molecule has 2 aromatic rings. The summed E-state index contributed by atoms with van der Waals surface area (Å²) in [7, 11) is 0. The van der Waals surface area contributed by atoms with Gasteiger partial charge < -0.3 is 10.0 Å². The molecular formula is C12H12N2O2S. The maximum Gasteiger partial charge on any atom is 0.323 e. The molecule has 1 N–H and O–H groups in total. The Morgan fingerprint density at radius 1 is 1.35 bits per heavy atom. The fraction of sp³-hybridized carbons (Fsp3) is 0.167. The van der Waals surface area contributed by atoms with Crippen LogP contribution in [0.1, 0.15) is 5.01 Å². The zero-order valence-electron chi connectivity index (χ0n) is 9.11. The molecule has 5 heteroatoms. The number of anilines is 1. The Bertz CT molecular complexity index is 471. The molecule has 0 fully saturated rings. The third-order valence-corrected chi connectivity index (χ3v) is 3.02. The molecular weight excluding hydrogens is 236 g/mol. The topological polar surface area (TPSA) is 53.4 Å². The lowest BCUT2D eigenvalue weighted by Gasteiger charge is -2.21. The molecule has 1 aromatic carbocycles. The number of benzene rings is 1. The Labute approximate surface area is 103 Å². The largest absolute Gasteiger partial charge is 0.480 e. The van der Waals surface area contributed by atoms with Crippen LogP contribution in [-0.4, -0.2) is 22.6 Å². The van der Waals surface area contributed by atoms with Gasteiger partial charge in [0, 0.05) is 17.3 Å². The number of aliphatic carboxylic acids is 1. The Morgan fingerprint density at radius 3 is 2.71 bits per heavy atom. The summed E-state index contributed by atoms with van der Waals surface area (Å²) in [6, 6.07) is 9.50. The monoisotopic (exact) mass is 248 g/mol. The molecule has 0 spiro atoms. The Kier molecular flexibility index (Phi) is 3.72. The quantitative estimate of drug-likeness (QED) is 0.881. The van der Waals surface area contributed by atoms with E-state index in [4.69, 9.17) is 5.11 Å². The first-order valence-corrected chi connectivity index (χ1v) is 6.04. The number of carboxylic acids is 1. The van der Waals surface area contributed by atoms with Gasteiger partial charge in [0.05, 0.1) is 6.54 Å². The minimum Gasteiger partial charge on any atom is -0.480 e. The number of para-hydroxylation sites is 1. The zero-order valence-corrected chi connectivity index (χ0v) is 9.93. The normalized spacial score (nSPS) is 10.1. The Hall–Kier alpha value is -1.88. The highest BCUT2D eigenvalue weighted by Crippen LogP contribution is 2.17. The first kappa shape index (κ1) is 11.6. The van der Waals surface area contributed by atoms with Crippen molar-refractivity contribution in [3.63, 3.8) is 0 Å². The highest BCUT2D eigenvalue weighted by molar-refractivity contribution is 7.09. The first-order chi connectivity index (χ1) is 8.25. The molecule has 17 heavy (non-hydrogen) atoms. The van der Waals surface area contributed by atoms with E-state index in [-0.39, 0.29) is 6.54 Å². The third kappa shape index (κ3) is 3.29. The van der Waals surface area contributed by atoms with E-state index in [0.29, 0.717) is 6.54 Å². The van der Waals surface area contributed by atoms with Crippen LogP contribution in [0.3, 0.4) is 0 Å². The van der Waals surface area contributed by atoms with Gasteiger partial charge in [0.1, 0.15) is 11.6 Å². The van der Waals surface area contributed by atoms with Crippen LogP contribution in [0.15, 0.2) is 41.9 Å². The molecule has 0 aliphatic carbocycles. The lowest BCUT2D eigenvalue weighted by atomic mass is 10.3. The molecule has 0 radical (unpaired) electrons. The van der Waals surface area contributed by atoms with Gasteiger partial charge in [0.2, 0.25) is 0 Å². The molecule has 0 aliphatic heterocycles. The number of carbonyl (C=O) groups is 1. The minimum atomic E-state index is -0.842. The predicted octanol–water partition coefficient (Wildman–Crippen LogP) is 2.23. The van der Waals surface area contributed by atoms with Crippen molar-refractivity contribution in [2.75, 3.05) is 11.4 Å². The van der Waals surface area contributed by atoms with Crippen LogP contribution in [0.5, 0.6) is 0 Å². The molecule has 1 heterocycles. The summed E-state index contributed by atoms with van der Waals surface area (Å²) in [5.41, 5.74) is 0.894. The molecule has 0 aliphatic rings. The molecule has 88 valence electrons. The van der Waals surface area contributed by atoms with E-state index in [9.17, 15) is 4.79 Å². The molecule has 0 saturated carbocycles. The number of hydrogen-bond donors (Lipinski definition) is 1. The molecule has 0 amide bonds. The average Bonchev–Trinajstić information content (AvgIpc) is 2.82. The van der Waals surface area contributed by atoms with Gasteiger partial charge in [-0.25, -0.2) is 4.98 Å². The van der Waals surface area contributed by atoms with Crippen molar-refractivity contribution in [2.45, 2.75) is 6.54 Å². The van der Waals surface area contributed by atoms with Gasteiger partial charge in [0.25, 0.3) is 0 Å². The number of thiazole rings is 1. The summed E-state index contributed by atoms with van der Waals surface area (Å²) in [6.07, 6.45) is 1.73. The summed E-state index contributed by atoms with van der Waals surface area (Å²) in [5.74, 6) is -0.842. The van der Waals surface area contributed by atoms with Gasteiger partial charge in [-0.3, -0.25) is 4.79 Å². The fourth-order valence-electron chi connectivity index (χ4n) is 1.53. The fourth-order valence-corrected chi connectivity index (χ4v) is 2.17. The van der Waals surface area contributed by atoms with Gasteiger partial charge in [-0.05, 0) is 12.1 Å². The second kappa shape index (κ2) is 5.45. The van der Waals surface area contributed by atoms with Crippen LogP contribution in [0, 0.1) is 0 Å². The van der Waals surface area contributed by atoms with Gasteiger partial charge in [-0.2, -0.15) is 0 Å². The molecule has 0 bridgehead atoms. The van der Waals surface area contributed by atoms with E-state index in [1.165, 1.54) is 11.3 Å². The Morgan fingerprint density at radius 2 is 2.12 bits per heavy atom. The molecule has 1 aromatic heterocycles. The lowest BCUT2D eigenvalue weighted by molar-refractivity contribution is -0.135. The smallest absolute Gasteiger partial charge is 0.323 e. The second-order valence-corrected chi connectivity index (χ2v) is 4.49.